The number of carbonyl (C=O) groups is 1. The predicted octanol–water partition coefficient (Wildman–Crippen LogP) is 2.72. The first-order valence-corrected chi connectivity index (χ1v) is 8.08. The predicted molar refractivity (Wildman–Crippen MR) is 70.8 cm³/mol. The van der Waals surface area contributed by atoms with Crippen LogP contribution < -0.4 is 0 Å². The Morgan fingerprint density at radius 3 is 1.79 bits per heavy atom. The molecule has 2 saturated carbocycles. The number of epoxide rings is 2. The van der Waals surface area contributed by atoms with Gasteiger partial charge in [0, 0.05) is 5.92 Å². The van der Waals surface area contributed by atoms with Gasteiger partial charge in [-0.2, -0.15) is 0 Å². The number of fused-ring (bicyclic) bond motifs is 2. The Labute approximate surface area is 115 Å². The van der Waals surface area contributed by atoms with Gasteiger partial charge in [0.1, 0.15) is 6.29 Å². The van der Waals surface area contributed by atoms with Gasteiger partial charge < -0.3 is 14.3 Å². The Hall–Kier alpha value is -0.410. The molecule has 4 fully saturated rings. The van der Waals surface area contributed by atoms with E-state index in [1.807, 2.05) is 0 Å². The van der Waals surface area contributed by atoms with E-state index in [-0.39, 0.29) is 5.92 Å². The lowest BCUT2D eigenvalue weighted by Gasteiger charge is -2.26. The van der Waals surface area contributed by atoms with Gasteiger partial charge in [0.25, 0.3) is 0 Å². The summed E-state index contributed by atoms with van der Waals surface area (Å²) < 4.78 is 11.2. The van der Waals surface area contributed by atoms with Crippen LogP contribution in [0.5, 0.6) is 0 Å². The van der Waals surface area contributed by atoms with Crippen molar-refractivity contribution in [1.82, 2.24) is 0 Å². The Balaban J connectivity index is 1.26. The van der Waals surface area contributed by atoms with Crippen LogP contribution in [-0.4, -0.2) is 30.7 Å². The molecule has 0 radical (unpaired) electrons. The molecule has 2 saturated heterocycles. The van der Waals surface area contributed by atoms with Crippen molar-refractivity contribution in [2.24, 2.45) is 17.8 Å². The first kappa shape index (κ1) is 12.3. The van der Waals surface area contributed by atoms with Gasteiger partial charge in [-0.15, -0.1) is 0 Å². The maximum absolute atomic E-state index is 11.4. The van der Waals surface area contributed by atoms with E-state index in [2.05, 4.69) is 0 Å². The lowest BCUT2D eigenvalue weighted by Crippen LogP contribution is -2.21. The van der Waals surface area contributed by atoms with Crippen LogP contribution in [0.15, 0.2) is 0 Å². The third-order valence-corrected chi connectivity index (χ3v) is 5.69. The summed E-state index contributed by atoms with van der Waals surface area (Å²) >= 11 is 0. The van der Waals surface area contributed by atoms with E-state index < -0.39 is 0 Å². The molecule has 0 aromatic heterocycles. The quantitative estimate of drug-likeness (QED) is 0.566. The topological polar surface area (TPSA) is 42.1 Å². The number of ether oxygens (including phenoxy) is 2. The minimum absolute atomic E-state index is 0.278. The van der Waals surface area contributed by atoms with E-state index in [9.17, 15) is 4.79 Å². The fraction of sp³-hybridized carbons (Fsp3) is 0.938. The molecular weight excluding hydrogens is 240 g/mol. The summed E-state index contributed by atoms with van der Waals surface area (Å²) in [5.74, 6) is 1.74. The summed E-state index contributed by atoms with van der Waals surface area (Å²) in [6.07, 6.45) is 13.0. The molecule has 0 aromatic carbocycles. The van der Waals surface area contributed by atoms with Crippen LogP contribution in [0, 0.1) is 17.8 Å². The highest BCUT2D eigenvalue weighted by Gasteiger charge is 2.45. The summed E-state index contributed by atoms with van der Waals surface area (Å²) in [6.45, 7) is 0. The number of carbonyl (C=O) groups excluding carboxylic acids is 1. The molecule has 3 heteroatoms. The Bertz CT molecular complexity index is 326. The average molecular weight is 264 g/mol. The largest absolute Gasteiger partial charge is 0.370 e. The van der Waals surface area contributed by atoms with Crippen molar-refractivity contribution in [2.45, 2.75) is 75.8 Å². The molecule has 3 nitrogen and oxygen atoms in total. The zero-order valence-electron chi connectivity index (χ0n) is 11.5. The van der Waals surface area contributed by atoms with E-state index in [4.69, 9.17) is 9.47 Å². The van der Waals surface area contributed by atoms with E-state index in [1.54, 1.807) is 0 Å². The van der Waals surface area contributed by atoms with Crippen molar-refractivity contribution in [3.63, 3.8) is 0 Å². The highest BCUT2D eigenvalue weighted by molar-refractivity contribution is 5.53. The summed E-state index contributed by atoms with van der Waals surface area (Å²) in [6, 6.07) is 0. The van der Waals surface area contributed by atoms with Gasteiger partial charge in [-0.25, -0.2) is 0 Å². The molecule has 6 atom stereocenters. The maximum atomic E-state index is 11.4. The smallest absolute Gasteiger partial charge is 0.123 e. The van der Waals surface area contributed by atoms with Gasteiger partial charge in [-0.1, -0.05) is 0 Å². The van der Waals surface area contributed by atoms with Crippen molar-refractivity contribution in [3.05, 3.63) is 0 Å². The number of hydrogen-bond acceptors (Lipinski definition) is 3. The van der Waals surface area contributed by atoms with Gasteiger partial charge >= 0.3 is 0 Å². The van der Waals surface area contributed by atoms with Crippen molar-refractivity contribution in [3.8, 4) is 0 Å². The maximum Gasteiger partial charge on any atom is 0.123 e. The minimum atomic E-state index is 0.278. The Kier molecular flexibility index (Phi) is 3.15. The second-order valence-electron chi connectivity index (χ2n) is 7.15. The summed E-state index contributed by atoms with van der Waals surface area (Å²) in [5.41, 5.74) is 0. The van der Waals surface area contributed by atoms with Crippen LogP contribution in [0.1, 0.15) is 51.4 Å². The number of aldehydes is 1. The molecule has 0 N–H and O–H groups in total. The van der Waals surface area contributed by atoms with Crippen molar-refractivity contribution < 1.29 is 14.3 Å². The fourth-order valence-corrected chi connectivity index (χ4v) is 4.47. The van der Waals surface area contributed by atoms with Crippen LogP contribution >= 0.6 is 0 Å². The van der Waals surface area contributed by atoms with E-state index in [0.717, 1.165) is 24.7 Å². The molecule has 2 aliphatic carbocycles. The molecule has 19 heavy (non-hydrogen) atoms. The molecule has 0 spiro atoms. The first-order valence-electron chi connectivity index (χ1n) is 8.08. The van der Waals surface area contributed by atoms with Crippen molar-refractivity contribution >= 4 is 6.29 Å². The fourth-order valence-electron chi connectivity index (χ4n) is 4.47. The Morgan fingerprint density at radius 1 is 0.842 bits per heavy atom. The van der Waals surface area contributed by atoms with Gasteiger partial charge in [-0.05, 0) is 63.2 Å². The van der Waals surface area contributed by atoms with Crippen molar-refractivity contribution in [1.29, 1.82) is 0 Å². The number of rotatable bonds is 5. The van der Waals surface area contributed by atoms with E-state index in [1.165, 1.54) is 44.8 Å². The van der Waals surface area contributed by atoms with Gasteiger partial charge in [-0.3, -0.25) is 0 Å². The Morgan fingerprint density at radius 2 is 1.37 bits per heavy atom. The number of hydrogen-bond donors (Lipinski definition) is 0. The third kappa shape index (κ3) is 2.73. The monoisotopic (exact) mass is 264 g/mol. The highest BCUT2D eigenvalue weighted by atomic mass is 16.6. The lowest BCUT2D eigenvalue weighted by atomic mass is 9.77. The normalized spacial score (nSPS) is 48.8. The van der Waals surface area contributed by atoms with Crippen LogP contribution in [0.4, 0.5) is 0 Å². The van der Waals surface area contributed by atoms with Crippen molar-refractivity contribution in [2.75, 3.05) is 0 Å². The third-order valence-electron chi connectivity index (χ3n) is 5.69. The van der Waals surface area contributed by atoms with E-state index >= 15 is 0 Å². The van der Waals surface area contributed by atoms with E-state index in [0.29, 0.717) is 24.4 Å². The average Bonchev–Trinajstić information content (AvgIpc) is 3.31. The molecule has 0 aromatic rings. The summed E-state index contributed by atoms with van der Waals surface area (Å²) in [5, 5.41) is 0. The van der Waals surface area contributed by atoms with Crippen LogP contribution in [0.3, 0.4) is 0 Å². The standard InChI is InChI=1S/C16H24O3/c17-9-12(5-10-1-3-13-15(7-10)18-13)6-11-2-4-14-16(8-11)19-14/h9-16H,1-8H2. The summed E-state index contributed by atoms with van der Waals surface area (Å²) in [4.78, 5) is 11.4. The highest BCUT2D eigenvalue weighted by Crippen LogP contribution is 2.44. The van der Waals surface area contributed by atoms with Gasteiger partial charge in [0.15, 0.2) is 0 Å². The van der Waals surface area contributed by atoms with Crippen LogP contribution in [0.2, 0.25) is 0 Å². The molecule has 6 unspecified atom stereocenters. The molecule has 106 valence electrons. The second kappa shape index (κ2) is 4.85. The van der Waals surface area contributed by atoms with Gasteiger partial charge in [0.2, 0.25) is 0 Å². The lowest BCUT2D eigenvalue weighted by molar-refractivity contribution is -0.112. The van der Waals surface area contributed by atoms with Crippen LogP contribution in [-0.2, 0) is 14.3 Å². The van der Waals surface area contributed by atoms with Gasteiger partial charge in [0.05, 0.1) is 24.4 Å². The molecule has 2 aliphatic heterocycles. The molecule has 2 heterocycles. The molecule has 0 bridgehead atoms. The zero-order valence-corrected chi connectivity index (χ0v) is 11.5. The molecule has 4 rings (SSSR count). The zero-order chi connectivity index (χ0) is 12.8. The first-order chi connectivity index (χ1) is 9.31. The minimum Gasteiger partial charge on any atom is -0.370 e. The molecular formula is C16H24O3. The summed E-state index contributed by atoms with van der Waals surface area (Å²) in [7, 11) is 0. The second-order valence-corrected chi connectivity index (χ2v) is 7.15. The molecule has 4 aliphatic rings. The SMILES string of the molecule is O=CC(CC1CCC2OC2C1)CC1CCC2OC2C1. The van der Waals surface area contributed by atoms with Crippen LogP contribution in [0.25, 0.3) is 0 Å². The molecule has 0 amide bonds.